The van der Waals surface area contributed by atoms with Gasteiger partial charge >= 0.3 is 12.1 Å². The van der Waals surface area contributed by atoms with Crippen LogP contribution in [0.4, 0.5) is 13.2 Å². The smallest absolute Gasteiger partial charge is 0.404 e. The van der Waals surface area contributed by atoms with Crippen molar-refractivity contribution in [3.05, 3.63) is 0 Å². The quantitative estimate of drug-likeness (QED) is 0.721. The molecule has 0 fully saturated rings. The minimum absolute atomic E-state index is 0.747. The number of aliphatic carboxylic acids is 1. The first kappa shape index (κ1) is 12.2. The lowest BCUT2D eigenvalue weighted by Gasteiger charge is -2.24. The number of carboxylic acid groups (broad SMARTS) is 1. The molecule has 0 heterocycles. The van der Waals surface area contributed by atoms with Gasteiger partial charge in [0.2, 0.25) is 0 Å². The van der Waals surface area contributed by atoms with Crippen LogP contribution in [0.3, 0.4) is 0 Å². The summed E-state index contributed by atoms with van der Waals surface area (Å²) in [5.41, 5.74) is 0. The Labute approximate surface area is 73.2 Å². The first-order chi connectivity index (χ1) is 5.68. The molecule has 78 valence electrons. The van der Waals surface area contributed by atoms with Crippen LogP contribution in [0.2, 0.25) is 0 Å². The third-order valence-electron chi connectivity index (χ3n) is 1.64. The van der Waals surface area contributed by atoms with Crippen LogP contribution in [0.1, 0.15) is 13.8 Å². The molecule has 0 bridgehead atoms. The van der Waals surface area contributed by atoms with E-state index in [-0.39, 0.29) is 0 Å². The van der Waals surface area contributed by atoms with Gasteiger partial charge in [0.15, 0.2) is 5.92 Å². The van der Waals surface area contributed by atoms with Crippen LogP contribution in [0.25, 0.3) is 0 Å². The molecule has 0 aromatic heterocycles. The first-order valence-corrected chi connectivity index (χ1v) is 3.65. The van der Waals surface area contributed by atoms with E-state index in [4.69, 9.17) is 10.2 Å². The summed E-state index contributed by atoms with van der Waals surface area (Å²) in [7, 11) is 0. The number of hydrogen-bond acceptors (Lipinski definition) is 2. The zero-order valence-electron chi connectivity index (χ0n) is 7.17. The Morgan fingerprint density at radius 1 is 1.31 bits per heavy atom. The van der Waals surface area contributed by atoms with Gasteiger partial charge in [0, 0.05) is 0 Å². The molecular formula is C7H11F3O3. The fourth-order valence-corrected chi connectivity index (χ4v) is 0.865. The van der Waals surface area contributed by atoms with Crippen molar-refractivity contribution in [2.24, 2.45) is 11.8 Å². The van der Waals surface area contributed by atoms with Crippen molar-refractivity contribution in [1.82, 2.24) is 0 Å². The van der Waals surface area contributed by atoms with Gasteiger partial charge < -0.3 is 10.2 Å². The molecule has 0 aromatic carbocycles. The van der Waals surface area contributed by atoms with Crippen molar-refractivity contribution >= 4 is 5.97 Å². The summed E-state index contributed by atoms with van der Waals surface area (Å²) in [6, 6.07) is 0. The van der Waals surface area contributed by atoms with Crippen LogP contribution in [-0.4, -0.2) is 28.5 Å². The lowest BCUT2D eigenvalue weighted by molar-refractivity contribution is -0.215. The molecule has 0 radical (unpaired) electrons. The fraction of sp³-hybridized carbons (Fsp3) is 0.857. The Balaban J connectivity index is 4.72. The molecule has 0 aliphatic carbocycles. The maximum absolute atomic E-state index is 12.0. The van der Waals surface area contributed by atoms with E-state index in [0.29, 0.717) is 0 Å². The monoisotopic (exact) mass is 200 g/mol. The lowest BCUT2D eigenvalue weighted by atomic mass is 9.93. The molecule has 0 rings (SSSR count). The van der Waals surface area contributed by atoms with Crippen molar-refractivity contribution in [3.63, 3.8) is 0 Å². The molecule has 3 nitrogen and oxygen atoms in total. The second-order valence-corrected chi connectivity index (χ2v) is 3.09. The van der Waals surface area contributed by atoms with E-state index in [9.17, 15) is 18.0 Å². The van der Waals surface area contributed by atoms with Crippen molar-refractivity contribution < 1.29 is 28.2 Å². The predicted molar refractivity (Wildman–Crippen MR) is 38.0 cm³/mol. The largest absolute Gasteiger partial charge is 0.481 e. The maximum Gasteiger partial charge on any atom is 0.404 e. The molecule has 13 heavy (non-hydrogen) atoms. The molecule has 0 saturated carbocycles. The second-order valence-electron chi connectivity index (χ2n) is 3.09. The van der Waals surface area contributed by atoms with Crippen molar-refractivity contribution in [3.8, 4) is 0 Å². The highest BCUT2D eigenvalue weighted by molar-refractivity contribution is 5.71. The summed E-state index contributed by atoms with van der Waals surface area (Å²) < 4.78 is 36.1. The maximum atomic E-state index is 12.0. The van der Waals surface area contributed by atoms with E-state index >= 15 is 0 Å². The normalized spacial score (nSPS) is 17.2. The van der Waals surface area contributed by atoms with Crippen LogP contribution >= 0.6 is 0 Å². The van der Waals surface area contributed by atoms with E-state index in [1.807, 2.05) is 0 Å². The first-order valence-electron chi connectivity index (χ1n) is 3.65. The highest BCUT2D eigenvalue weighted by Gasteiger charge is 2.50. The Morgan fingerprint density at radius 3 is 1.77 bits per heavy atom. The highest BCUT2D eigenvalue weighted by atomic mass is 19.4. The Morgan fingerprint density at radius 2 is 1.69 bits per heavy atom. The van der Waals surface area contributed by atoms with E-state index in [0.717, 1.165) is 0 Å². The van der Waals surface area contributed by atoms with Gasteiger partial charge in [-0.2, -0.15) is 13.2 Å². The van der Waals surface area contributed by atoms with E-state index < -0.39 is 30.1 Å². The van der Waals surface area contributed by atoms with Gasteiger partial charge in [0.05, 0.1) is 6.10 Å². The summed E-state index contributed by atoms with van der Waals surface area (Å²) in [6.07, 6.45) is -6.81. The van der Waals surface area contributed by atoms with Crippen molar-refractivity contribution in [2.75, 3.05) is 0 Å². The third-order valence-corrected chi connectivity index (χ3v) is 1.64. The summed E-state index contributed by atoms with van der Waals surface area (Å²) >= 11 is 0. The number of alkyl halides is 3. The van der Waals surface area contributed by atoms with Gasteiger partial charge in [-0.3, -0.25) is 4.79 Å². The summed E-state index contributed by atoms with van der Waals surface area (Å²) in [5.74, 6) is -5.50. The second kappa shape index (κ2) is 3.95. The molecule has 0 spiro atoms. The number of carbonyl (C=O) groups is 1. The van der Waals surface area contributed by atoms with Crippen molar-refractivity contribution in [1.29, 1.82) is 0 Å². The minimum atomic E-state index is -4.91. The standard InChI is InChI=1S/C7H11F3O3/c1-3(2)5(11)4(6(12)13)7(8,9)10/h3-5,11H,1-2H3,(H,12,13)/t4-,5-/m0/s1. The zero-order valence-corrected chi connectivity index (χ0v) is 7.17. The molecule has 6 heteroatoms. The average Bonchev–Trinajstić information content (AvgIpc) is 1.82. The van der Waals surface area contributed by atoms with Gasteiger partial charge in [-0.25, -0.2) is 0 Å². The molecule has 2 atom stereocenters. The molecule has 0 aromatic rings. The Kier molecular flexibility index (Phi) is 3.71. The summed E-state index contributed by atoms with van der Waals surface area (Å²) in [4.78, 5) is 10.2. The van der Waals surface area contributed by atoms with E-state index in [1.165, 1.54) is 13.8 Å². The average molecular weight is 200 g/mol. The third kappa shape index (κ3) is 3.22. The number of carboxylic acids is 1. The van der Waals surface area contributed by atoms with Crippen molar-refractivity contribution in [2.45, 2.75) is 26.1 Å². The molecule has 2 N–H and O–H groups in total. The summed E-state index contributed by atoms with van der Waals surface area (Å²) in [5, 5.41) is 17.2. The van der Waals surface area contributed by atoms with Gasteiger partial charge in [-0.05, 0) is 5.92 Å². The number of rotatable bonds is 3. The van der Waals surface area contributed by atoms with Gasteiger partial charge in [0.25, 0.3) is 0 Å². The molecule has 0 aliphatic rings. The summed E-state index contributed by atoms with van der Waals surface area (Å²) in [6.45, 7) is 2.65. The van der Waals surface area contributed by atoms with Gasteiger partial charge in [0.1, 0.15) is 0 Å². The van der Waals surface area contributed by atoms with E-state index in [2.05, 4.69) is 0 Å². The van der Waals surface area contributed by atoms with Crippen LogP contribution < -0.4 is 0 Å². The van der Waals surface area contributed by atoms with Crippen LogP contribution in [0, 0.1) is 11.8 Å². The number of halogens is 3. The predicted octanol–water partition coefficient (Wildman–Crippen LogP) is 1.27. The lowest BCUT2D eigenvalue weighted by Crippen LogP contribution is -2.42. The Bertz CT molecular complexity index is 188. The SMILES string of the molecule is CC(C)[C@H](O)[C@@H](C(=O)O)C(F)(F)F. The van der Waals surface area contributed by atoms with Crippen LogP contribution in [0.15, 0.2) is 0 Å². The molecule has 0 amide bonds. The molecule has 0 saturated heterocycles. The van der Waals surface area contributed by atoms with Gasteiger partial charge in [-0.1, -0.05) is 13.8 Å². The number of aliphatic hydroxyl groups is 1. The van der Waals surface area contributed by atoms with Gasteiger partial charge in [-0.15, -0.1) is 0 Å². The minimum Gasteiger partial charge on any atom is -0.481 e. The molecule has 0 unspecified atom stereocenters. The molecule has 0 aliphatic heterocycles. The van der Waals surface area contributed by atoms with Crippen LogP contribution in [-0.2, 0) is 4.79 Å². The highest BCUT2D eigenvalue weighted by Crippen LogP contribution is 2.31. The topological polar surface area (TPSA) is 57.5 Å². The van der Waals surface area contributed by atoms with Crippen LogP contribution in [0.5, 0.6) is 0 Å². The van der Waals surface area contributed by atoms with E-state index in [1.54, 1.807) is 0 Å². The Hall–Kier alpha value is -0.780. The fourth-order valence-electron chi connectivity index (χ4n) is 0.865. The molecular weight excluding hydrogens is 189 g/mol. The number of aliphatic hydroxyl groups excluding tert-OH is 1. The zero-order chi connectivity index (χ0) is 10.8. The number of hydrogen-bond donors (Lipinski definition) is 2.